The maximum atomic E-state index is 11.7. The number of carbonyl (C=O) groups excluding carboxylic acids is 1. The Hall–Kier alpha value is -1.60. The molecule has 0 bridgehead atoms. The van der Waals surface area contributed by atoms with Gasteiger partial charge in [-0.25, -0.2) is 4.79 Å². The third kappa shape index (κ3) is 3.02. The van der Waals surface area contributed by atoms with Gasteiger partial charge in [-0.1, -0.05) is 0 Å². The van der Waals surface area contributed by atoms with E-state index in [4.69, 9.17) is 4.74 Å². The summed E-state index contributed by atoms with van der Waals surface area (Å²) in [6, 6.07) is 0.490. The molecule has 0 saturated carbocycles. The fourth-order valence-electron chi connectivity index (χ4n) is 4.15. The topological polar surface area (TPSA) is 62.6 Å². The molecule has 1 aromatic rings. The van der Waals surface area contributed by atoms with Crippen LogP contribution >= 0.6 is 0 Å². The van der Waals surface area contributed by atoms with E-state index in [1.165, 1.54) is 12.0 Å². The molecule has 7 nitrogen and oxygen atoms in total. The highest BCUT2D eigenvalue weighted by molar-refractivity contribution is 5.76. The van der Waals surface area contributed by atoms with Crippen LogP contribution in [0, 0.1) is 5.92 Å². The first-order valence-corrected chi connectivity index (χ1v) is 9.15. The molecule has 4 heterocycles. The van der Waals surface area contributed by atoms with Crippen molar-refractivity contribution < 1.29 is 9.53 Å². The predicted molar refractivity (Wildman–Crippen MR) is 89.7 cm³/mol. The minimum Gasteiger partial charge on any atom is -0.373 e. The van der Waals surface area contributed by atoms with E-state index >= 15 is 0 Å². The number of hydrogen-bond donors (Lipinski definition) is 1. The van der Waals surface area contributed by atoms with Crippen molar-refractivity contribution in [2.24, 2.45) is 5.92 Å². The Kier molecular flexibility index (Phi) is 4.45. The second-order valence-electron chi connectivity index (χ2n) is 7.12. The normalized spacial score (nSPS) is 28.9. The van der Waals surface area contributed by atoms with Crippen LogP contribution < -0.4 is 5.32 Å². The Balaban J connectivity index is 1.34. The zero-order valence-electron chi connectivity index (χ0n) is 14.4. The molecule has 1 N–H and O–H groups in total. The number of rotatable bonds is 5. The van der Waals surface area contributed by atoms with E-state index in [1.54, 1.807) is 0 Å². The molecule has 0 aromatic carbocycles. The largest absolute Gasteiger partial charge is 0.373 e. The number of hydrogen-bond acceptors (Lipinski definition) is 4. The second-order valence-corrected chi connectivity index (χ2v) is 7.12. The highest BCUT2D eigenvalue weighted by Gasteiger charge is 2.39. The predicted octanol–water partition coefficient (Wildman–Crippen LogP) is 1.08. The van der Waals surface area contributed by atoms with Crippen LogP contribution in [0.4, 0.5) is 4.79 Å². The maximum absolute atomic E-state index is 11.7. The number of urea groups is 1. The summed E-state index contributed by atoms with van der Waals surface area (Å²) in [5.74, 6) is 0.515. The lowest BCUT2D eigenvalue weighted by Crippen LogP contribution is -2.61. The van der Waals surface area contributed by atoms with Crippen molar-refractivity contribution in [2.75, 3.05) is 39.3 Å². The van der Waals surface area contributed by atoms with Crippen LogP contribution in [0.25, 0.3) is 0 Å². The van der Waals surface area contributed by atoms with Gasteiger partial charge in [-0.15, -0.1) is 0 Å². The smallest absolute Gasteiger partial charge is 0.317 e. The molecular formula is C17H27N5O2. The monoisotopic (exact) mass is 333 g/mol. The van der Waals surface area contributed by atoms with E-state index in [1.807, 2.05) is 15.8 Å². The lowest BCUT2D eigenvalue weighted by Gasteiger charge is -2.46. The molecule has 2 amide bonds. The number of amides is 2. The molecule has 132 valence electrons. The molecule has 0 radical (unpaired) electrons. The summed E-state index contributed by atoms with van der Waals surface area (Å²) < 4.78 is 8.06. The average Bonchev–Trinajstić information content (AvgIpc) is 3.20. The van der Waals surface area contributed by atoms with Crippen LogP contribution in [0.5, 0.6) is 0 Å². The molecule has 7 heteroatoms. The van der Waals surface area contributed by atoms with Gasteiger partial charge in [0, 0.05) is 63.6 Å². The molecule has 4 rings (SSSR count). The van der Waals surface area contributed by atoms with Gasteiger partial charge in [0.15, 0.2) is 0 Å². The highest BCUT2D eigenvalue weighted by atomic mass is 16.5. The molecule has 3 saturated heterocycles. The molecule has 1 aromatic heterocycles. The summed E-state index contributed by atoms with van der Waals surface area (Å²) in [4.78, 5) is 16.2. The third-order valence-electron chi connectivity index (χ3n) is 5.51. The van der Waals surface area contributed by atoms with Crippen LogP contribution in [0.3, 0.4) is 0 Å². The molecular weight excluding hydrogens is 306 g/mol. The zero-order chi connectivity index (χ0) is 16.5. The van der Waals surface area contributed by atoms with E-state index in [-0.39, 0.29) is 12.1 Å². The van der Waals surface area contributed by atoms with Crippen molar-refractivity contribution >= 4 is 6.03 Å². The Morgan fingerprint density at radius 3 is 3.00 bits per heavy atom. The molecule has 2 atom stereocenters. The molecule has 3 aliphatic rings. The number of aromatic nitrogens is 2. The van der Waals surface area contributed by atoms with Crippen molar-refractivity contribution in [3.05, 3.63) is 18.0 Å². The van der Waals surface area contributed by atoms with Gasteiger partial charge >= 0.3 is 6.03 Å². The van der Waals surface area contributed by atoms with Crippen LogP contribution in [0.2, 0.25) is 0 Å². The van der Waals surface area contributed by atoms with Crippen molar-refractivity contribution in [1.82, 2.24) is 24.9 Å². The minimum absolute atomic E-state index is 0.102. The van der Waals surface area contributed by atoms with E-state index in [0.717, 1.165) is 52.3 Å². The van der Waals surface area contributed by atoms with Crippen LogP contribution in [-0.4, -0.2) is 71.0 Å². The summed E-state index contributed by atoms with van der Waals surface area (Å²) in [5.41, 5.74) is 1.21. The Morgan fingerprint density at radius 2 is 2.29 bits per heavy atom. The van der Waals surface area contributed by atoms with Gasteiger partial charge < -0.3 is 15.0 Å². The summed E-state index contributed by atoms with van der Waals surface area (Å²) in [6.07, 6.45) is 6.58. The van der Waals surface area contributed by atoms with Gasteiger partial charge in [0.1, 0.15) is 0 Å². The summed E-state index contributed by atoms with van der Waals surface area (Å²) in [6.45, 7) is 8.50. The van der Waals surface area contributed by atoms with Crippen molar-refractivity contribution in [2.45, 2.75) is 38.5 Å². The van der Waals surface area contributed by atoms with E-state index in [2.05, 4.69) is 28.4 Å². The second kappa shape index (κ2) is 6.72. The molecule has 0 aliphatic carbocycles. The van der Waals surface area contributed by atoms with Gasteiger partial charge in [0.05, 0.1) is 18.3 Å². The number of carbonyl (C=O) groups is 1. The Bertz CT molecular complexity index is 583. The van der Waals surface area contributed by atoms with E-state index in [0.29, 0.717) is 12.0 Å². The van der Waals surface area contributed by atoms with Crippen LogP contribution in [-0.2, 0) is 11.3 Å². The number of aryl methyl sites for hydroxylation is 1. The fourth-order valence-corrected chi connectivity index (χ4v) is 4.15. The maximum Gasteiger partial charge on any atom is 0.317 e. The first-order valence-electron chi connectivity index (χ1n) is 9.15. The SMILES string of the molecule is CCn1cc([C@@H]2OCCC[C@H]2CN2CC(N3CCNC3=O)C2)cn1. The van der Waals surface area contributed by atoms with Crippen molar-refractivity contribution in [3.8, 4) is 0 Å². The molecule has 3 aliphatic heterocycles. The molecule has 3 fully saturated rings. The first-order chi connectivity index (χ1) is 11.7. The van der Waals surface area contributed by atoms with Gasteiger partial charge in [0.2, 0.25) is 0 Å². The lowest BCUT2D eigenvalue weighted by molar-refractivity contribution is -0.0527. The minimum atomic E-state index is 0.102. The van der Waals surface area contributed by atoms with E-state index < -0.39 is 0 Å². The number of nitrogens with one attached hydrogen (secondary N) is 1. The van der Waals surface area contributed by atoms with Gasteiger partial charge in [-0.2, -0.15) is 5.10 Å². The third-order valence-corrected chi connectivity index (χ3v) is 5.51. The van der Waals surface area contributed by atoms with Crippen molar-refractivity contribution in [3.63, 3.8) is 0 Å². The number of nitrogens with zero attached hydrogens (tertiary/aromatic N) is 4. The number of ether oxygens (including phenoxy) is 1. The zero-order valence-corrected chi connectivity index (χ0v) is 14.4. The van der Waals surface area contributed by atoms with Crippen LogP contribution in [0.15, 0.2) is 12.4 Å². The lowest BCUT2D eigenvalue weighted by atomic mass is 9.89. The Labute approximate surface area is 142 Å². The molecule has 0 unspecified atom stereocenters. The van der Waals surface area contributed by atoms with Gasteiger partial charge in [0.25, 0.3) is 0 Å². The van der Waals surface area contributed by atoms with Crippen LogP contribution in [0.1, 0.15) is 31.4 Å². The summed E-state index contributed by atoms with van der Waals surface area (Å²) in [5, 5.41) is 7.29. The van der Waals surface area contributed by atoms with E-state index in [9.17, 15) is 4.79 Å². The van der Waals surface area contributed by atoms with Gasteiger partial charge in [-0.3, -0.25) is 9.58 Å². The van der Waals surface area contributed by atoms with Crippen molar-refractivity contribution in [1.29, 1.82) is 0 Å². The average molecular weight is 333 g/mol. The summed E-state index contributed by atoms with van der Waals surface area (Å²) in [7, 11) is 0. The summed E-state index contributed by atoms with van der Waals surface area (Å²) >= 11 is 0. The first kappa shape index (κ1) is 15.9. The quantitative estimate of drug-likeness (QED) is 0.876. The van der Waals surface area contributed by atoms with Gasteiger partial charge in [-0.05, 0) is 19.8 Å². The number of likely N-dealkylation sites (tertiary alicyclic amines) is 1. The fraction of sp³-hybridized carbons (Fsp3) is 0.765. The highest BCUT2D eigenvalue weighted by Crippen LogP contribution is 2.35. The molecule has 0 spiro atoms. The standard InChI is InChI=1S/C17H27N5O2/c1-2-21-10-14(8-19-21)16-13(4-3-7-24-16)9-20-11-15(12-20)22-6-5-18-17(22)23/h8,10,13,15-16H,2-7,9,11-12H2,1H3,(H,18,23)/t13-,16+/m0/s1. The molecule has 24 heavy (non-hydrogen) atoms. The Morgan fingerprint density at radius 1 is 1.42 bits per heavy atom.